The molecule has 2 atom stereocenters. The predicted molar refractivity (Wildman–Crippen MR) is 122 cm³/mol. The molecule has 3 N–H and O–H groups in total. The number of pyridine rings is 1. The number of hydrogen-bond acceptors (Lipinski definition) is 9. The Morgan fingerprint density at radius 2 is 1.87 bits per heavy atom. The highest BCUT2D eigenvalue weighted by atomic mass is 35.5. The first-order valence-electron chi connectivity index (χ1n) is 9.81. The van der Waals surface area contributed by atoms with Crippen molar-refractivity contribution in [1.29, 1.82) is 0 Å². The quantitative estimate of drug-likeness (QED) is 0.296. The van der Waals surface area contributed by atoms with Gasteiger partial charge in [-0.05, 0) is 38.3 Å². The second-order valence-corrected chi connectivity index (χ2v) is 8.70. The molecule has 0 radical (unpaired) electrons. The second kappa shape index (κ2) is 10.3. The van der Waals surface area contributed by atoms with E-state index in [1.807, 2.05) is 20.8 Å². The van der Waals surface area contributed by atoms with Crippen molar-refractivity contribution in [2.45, 2.75) is 64.0 Å². The van der Waals surface area contributed by atoms with Crippen LogP contribution in [0.2, 0.25) is 10.2 Å². The lowest BCUT2D eigenvalue weighted by Crippen LogP contribution is -2.33. The molecular formula is C18H29Cl2N7O2S. The Hall–Kier alpha value is -1.33. The van der Waals surface area contributed by atoms with Gasteiger partial charge < -0.3 is 20.4 Å². The van der Waals surface area contributed by atoms with Crippen LogP contribution in [0.15, 0.2) is 0 Å². The Kier molecular flexibility index (Phi) is 8.58. The molecule has 3 heterocycles. The van der Waals surface area contributed by atoms with Crippen LogP contribution in [0.3, 0.4) is 0 Å². The molecule has 1 aliphatic carbocycles. The summed E-state index contributed by atoms with van der Waals surface area (Å²) in [4.78, 5) is 8.30. The molecule has 2 aromatic rings. The molecule has 0 aromatic carbocycles. The third kappa shape index (κ3) is 6.10. The van der Waals surface area contributed by atoms with Crippen LogP contribution in [0.4, 0.5) is 11.5 Å². The third-order valence-corrected chi connectivity index (χ3v) is 5.56. The highest BCUT2D eigenvalue weighted by Gasteiger charge is 2.37. The summed E-state index contributed by atoms with van der Waals surface area (Å²) in [6.45, 7) is 7.75. The first-order valence-corrected chi connectivity index (χ1v) is 11.0. The fourth-order valence-corrected chi connectivity index (χ4v) is 3.92. The molecule has 2 aliphatic rings. The van der Waals surface area contributed by atoms with Gasteiger partial charge in [0.2, 0.25) is 5.12 Å². The van der Waals surface area contributed by atoms with E-state index < -0.39 is 5.12 Å². The molecule has 168 valence electrons. The van der Waals surface area contributed by atoms with Gasteiger partial charge in [-0.3, -0.25) is 0 Å². The topological polar surface area (TPSA) is 112 Å². The van der Waals surface area contributed by atoms with Gasteiger partial charge in [0.1, 0.15) is 5.15 Å². The number of aryl methyl sites for hydroxylation is 1. The second-order valence-electron chi connectivity index (χ2n) is 7.12. The normalized spacial score (nSPS) is 20.0. The fourth-order valence-electron chi connectivity index (χ4n) is 3.45. The molecule has 2 unspecified atom stereocenters. The van der Waals surface area contributed by atoms with Gasteiger partial charge in [-0.1, -0.05) is 37.0 Å². The summed E-state index contributed by atoms with van der Waals surface area (Å²) in [6.07, 6.45) is 3.10. The van der Waals surface area contributed by atoms with Crippen LogP contribution < -0.4 is 10.2 Å². The maximum Gasteiger partial charge on any atom is 0.207 e. The molecule has 1 saturated carbocycles. The summed E-state index contributed by atoms with van der Waals surface area (Å²) in [6, 6.07) is 0.375. The molecule has 0 spiro atoms. The van der Waals surface area contributed by atoms with Gasteiger partial charge in [-0.15, -0.1) is 22.8 Å². The zero-order valence-electron chi connectivity index (χ0n) is 17.8. The van der Waals surface area contributed by atoms with E-state index in [1.54, 1.807) is 7.05 Å². The minimum absolute atomic E-state index is 0.342. The summed E-state index contributed by atoms with van der Waals surface area (Å²) < 4.78 is 0. The van der Waals surface area contributed by atoms with Crippen molar-refractivity contribution in [2.75, 3.05) is 16.9 Å². The van der Waals surface area contributed by atoms with Gasteiger partial charge in [0, 0.05) is 17.5 Å². The summed E-state index contributed by atoms with van der Waals surface area (Å²) in [5.74, 6) is 2.02. The van der Waals surface area contributed by atoms with Crippen LogP contribution in [-0.2, 0) is 7.05 Å². The standard InChI is InChI=1S/C14H17Cl2N7.C2H6O2S.C2H6/c1-7-10(15)11-14(18-12(7)16)23(6-17-11)9-4-3-8(5-9)13-19-21-22(2)20-13;1-2(3,4)5;1-2/h8-9,17H,3-6H2,1-2H3;3-5H,1H3;1-2H3. The van der Waals surface area contributed by atoms with Crippen LogP contribution in [0.1, 0.15) is 57.3 Å². The number of anilines is 2. The molecule has 0 saturated heterocycles. The lowest BCUT2D eigenvalue weighted by molar-refractivity contribution is -0.0567. The highest BCUT2D eigenvalue weighted by Crippen LogP contribution is 2.44. The number of nitrogens with one attached hydrogen (secondary N) is 1. The summed E-state index contributed by atoms with van der Waals surface area (Å²) in [5.41, 5.74) is 1.70. The number of aromatic nitrogens is 5. The zero-order valence-corrected chi connectivity index (χ0v) is 20.2. The van der Waals surface area contributed by atoms with Gasteiger partial charge in [0.05, 0.1) is 24.4 Å². The van der Waals surface area contributed by atoms with Crippen LogP contribution in [-0.4, -0.2) is 53.2 Å². The Labute approximate surface area is 192 Å². The monoisotopic (exact) mass is 477 g/mol. The van der Waals surface area contributed by atoms with Crippen molar-refractivity contribution in [3.05, 3.63) is 21.6 Å². The van der Waals surface area contributed by atoms with E-state index in [0.717, 1.165) is 49.1 Å². The number of hydrogen-bond donors (Lipinski definition) is 4. The van der Waals surface area contributed by atoms with Gasteiger partial charge in [0.25, 0.3) is 0 Å². The van der Waals surface area contributed by atoms with Gasteiger partial charge in [-0.2, -0.15) is 4.80 Å². The van der Waals surface area contributed by atoms with Crippen LogP contribution in [0.5, 0.6) is 0 Å². The van der Waals surface area contributed by atoms with Crippen molar-refractivity contribution >= 4 is 47.3 Å². The minimum atomic E-state index is -1.81. The predicted octanol–water partition coefficient (Wildman–Crippen LogP) is 3.35. The molecule has 30 heavy (non-hydrogen) atoms. The van der Waals surface area contributed by atoms with Gasteiger partial charge in [-0.25, -0.2) is 4.98 Å². The molecule has 0 amide bonds. The molecular weight excluding hydrogens is 449 g/mol. The van der Waals surface area contributed by atoms with Crippen molar-refractivity contribution in [3.63, 3.8) is 0 Å². The average Bonchev–Trinajstić information content (AvgIpc) is 3.39. The summed E-state index contributed by atoms with van der Waals surface area (Å²) in [7, 11) is 1.79. The first-order chi connectivity index (χ1) is 14.0. The third-order valence-electron chi connectivity index (χ3n) is 4.72. The van der Waals surface area contributed by atoms with Crippen molar-refractivity contribution in [2.24, 2.45) is 7.05 Å². The molecule has 4 rings (SSSR count). The van der Waals surface area contributed by atoms with Crippen LogP contribution in [0.25, 0.3) is 0 Å². The van der Waals surface area contributed by atoms with Crippen molar-refractivity contribution in [1.82, 2.24) is 25.2 Å². The molecule has 0 bridgehead atoms. The maximum atomic E-state index is 7.94. The van der Waals surface area contributed by atoms with E-state index in [0.29, 0.717) is 28.8 Å². The average molecular weight is 478 g/mol. The van der Waals surface area contributed by atoms with E-state index >= 15 is 0 Å². The van der Waals surface area contributed by atoms with E-state index in [-0.39, 0.29) is 0 Å². The number of fused-ring (bicyclic) bond motifs is 1. The Morgan fingerprint density at radius 3 is 2.43 bits per heavy atom. The smallest absolute Gasteiger partial charge is 0.207 e. The van der Waals surface area contributed by atoms with Crippen LogP contribution >= 0.6 is 35.8 Å². The number of aliphatic hydroxyl groups is 2. The van der Waals surface area contributed by atoms with E-state index in [1.165, 1.54) is 4.80 Å². The SMILES string of the molecule is CC.CC(O)(O)S.Cc1c(Cl)nc2c(c1Cl)NCN2C1CCC(c2nnn(C)n2)C1. The molecule has 1 fully saturated rings. The molecule has 1 aliphatic heterocycles. The van der Waals surface area contributed by atoms with Crippen molar-refractivity contribution < 1.29 is 10.2 Å². The minimum Gasteiger partial charge on any atom is -0.363 e. The molecule has 9 nitrogen and oxygen atoms in total. The summed E-state index contributed by atoms with van der Waals surface area (Å²) >= 11 is 15.8. The Bertz CT molecular complexity index is 854. The maximum absolute atomic E-state index is 7.94. The zero-order chi connectivity index (χ0) is 22.6. The lowest BCUT2D eigenvalue weighted by Gasteiger charge is -2.25. The number of thiol groups is 1. The number of rotatable bonds is 2. The van der Waals surface area contributed by atoms with Gasteiger partial charge in [0.15, 0.2) is 11.6 Å². The first kappa shape index (κ1) is 24.9. The number of tetrazole rings is 1. The van der Waals surface area contributed by atoms with Gasteiger partial charge >= 0.3 is 0 Å². The van der Waals surface area contributed by atoms with Crippen molar-refractivity contribution in [3.8, 4) is 0 Å². The largest absolute Gasteiger partial charge is 0.363 e. The lowest BCUT2D eigenvalue weighted by atomic mass is 10.1. The van der Waals surface area contributed by atoms with Crippen LogP contribution in [0, 0.1) is 6.92 Å². The fraction of sp³-hybridized carbons (Fsp3) is 0.667. The van der Waals surface area contributed by atoms with E-state index in [4.69, 9.17) is 33.4 Å². The van der Waals surface area contributed by atoms with E-state index in [2.05, 4.69) is 43.2 Å². The van der Waals surface area contributed by atoms with E-state index in [9.17, 15) is 0 Å². The molecule has 2 aromatic heterocycles. The Balaban J connectivity index is 0.000000404. The molecule has 12 heteroatoms. The number of halogens is 2. The Morgan fingerprint density at radius 1 is 1.23 bits per heavy atom. The summed E-state index contributed by atoms with van der Waals surface area (Å²) in [5, 5.41) is 31.0. The number of nitrogens with zero attached hydrogens (tertiary/aromatic N) is 6. The highest BCUT2D eigenvalue weighted by molar-refractivity contribution is 7.81.